The summed E-state index contributed by atoms with van der Waals surface area (Å²) in [6.45, 7) is 9.28. The minimum absolute atomic E-state index is 0.0850. The number of rotatable bonds is 5. The number of pyridine rings is 1. The van der Waals surface area contributed by atoms with Crippen molar-refractivity contribution in [3.05, 3.63) is 36.2 Å². The lowest BCUT2D eigenvalue weighted by Gasteiger charge is -2.36. The predicted octanol–water partition coefficient (Wildman–Crippen LogP) is 5.25. The van der Waals surface area contributed by atoms with Crippen molar-refractivity contribution in [2.75, 3.05) is 6.61 Å². The van der Waals surface area contributed by atoms with Crippen molar-refractivity contribution in [2.45, 2.75) is 65.4 Å². The predicted molar refractivity (Wildman–Crippen MR) is 86.7 cm³/mol. The van der Waals surface area contributed by atoms with Crippen molar-refractivity contribution < 1.29 is 4.74 Å². The van der Waals surface area contributed by atoms with Crippen LogP contribution in [0.4, 0.5) is 0 Å². The second kappa shape index (κ2) is 8.91. The van der Waals surface area contributed by atoms with Crippen LogP contribution in [0.25, 0.3) is 5.57 Å². The second-order valence-electron chi connectivity index (χ2n) is 5.06. The summed E-state index contributed by atoms with van der Waals surface area (Å²) >= 11 is 0. The van der Waals surface area contributed by atoms with Crippen LogP contribution in [0.2, 0.25) is 0 Å². The van der Waals surface area contributed by atoms with Gasteiger partial charge in [0.05, 0.1) is 5.60 Å². The van der Waals surface area contributed by atoms with E-state index in [0.717, 1.165) is 38.7 Å². The summed E-state index contributed by atoms with van der Waals surface area (Å²) in [6, 6.07) is 4.15. The van der Waals surface area contributed by atoms with Crippen LogP contribution in [0.1, 0.15) is 65.4 Å². The lowest BCUT2D eigenvalue weighted by Crippen LogP contribution is -2.33. The third kappa shape index (κ3) is 4.45. The molecule has 0 N–H and O–H groups in total. The average Bonchev–Trinajstić information content (AvgIpc) is 2.56. The minimum Gasteiger partial charge on any atom is -0.375 e. The molecule has 0 fully saturated rings. The maximum Gasteiger partial charge on any atom is 0.0717 e. The molecule has 1 aromatic heterocycles. The third-order valence-electron chi connectivity index (χ3n) is 3.86. The Balaban J connectivity index is 0.000000956. The smallest absolute Gasteiger partial charge is 0.0717 e. The summed E-state index contributed by atoms with van der Waals surface area (Å²) in [7, 11) is 0. The first-order valence-electron chi connectivity index (χ1n) is 8.03. The van der Waals surface area contributed by atoms with Crippen LogP contribution in [0.5, 0.6) is 0 Å². The lowest BCUT2D eigenvalue weighted by atomic mass is 9.81. The molecule has 1 heterocycles. The van der Waals surface area contributed by atoms with Crippen LogP contribution in [0, 0.1) is 0 Å². The molecule has 0 saturated heterocycles. The van der Waals surface area contributed by atoms with Gasteiger partial charge in [-0.25, -0.2) is 0 Å². The van der Waals surface area contributed by atoms with Crippen molar-refractivity contribution in [2.24, 2.45) is 0 Å². The molecule has 0 saturated carbocycles. The standard InChI is InChI=1S/C16H23NO.C2H6/c1-3-12-18-16(4-2)9-7-14(8-10-16)15-6-5-11-17-13-15;1-2/h5-7,11,13H,3-4,8-10,12H2,1-2H3;1-2H3. The van der Waals surface area contributed by atoms with Gasteiger partial charge >= 0.3 is 0 Å². The molecule has 0 bridgehead atoms. The van der Waals surface area contributed by atoms with Gasteiger partial charge in [-0.1, -0.05) is 39.8 Å². The normalized spacial score (nSPS) is 21.7. The van der Waals surface area contributed by atoms with E-state index >= 15 is 0 Å². The Morgan fingerprint density at radius 1 is 1.30 bits per heavy atom. The van der Waals surface area contributed by atoms with Gasteiger partial charge in [-0.05, 0) is 49.3 Å². The number of ether oxygens (including phenoxy) is 1. The average molecular weight is 275 g/mol. The first-order valence-corrected chi connectivity index (χ1v) is 8.03. The Labute approximate surface area is 124 Å². The molecular formula is C18H29NO. The van der Waals surface area contributed by atoms with Gasteiger partial charge in [0.25, 0.3) is 0 Å². The molecule has 1 aromatic rings. The highest BCUT2D eigenvalue weighted by Gasteiger charge is 2.31. The molecular weight excluding hydrogens is 246 g/mol. The number of hydrogen-bond acceptors (Lipinski definition) is 2. The second-order valence-corrected chi connectivity index (χ2v) is 5.06. The molecule has 112 valence electrons. The van der Waals surface area contributed by atoms with E-state index in [1.807, 2.05) is 32.3 Å². The highest BCUT2D eigenvalue weighted by Crippen LogP contribution is 2.37. The van der Waals surface area contributed by atoms with Crippen molar-refractivity contribution in [3.8, 4) is 0 Å². The molecule has 0 aromatic carbocycles. The van der Waals surface area contributed by atoms with Crippen molar-refractivity contribution >= 4 is 5.57 Å². The quantitative estimate of drug-likeness (QED) is 0.732. The molecule has 2 rings (SSSR count). The van der Waals surface area contributed by atoms with Gasteiger partial charge in [0.2, 0.25) is 0 Å². The first kappa shape index (κ1) is 16.9. The largest absolute Gasteiger partial charge is 0.375 e. The van der Waals surface area contributed by atoms with Gasteiger partial charge in [0.1, 0.15) is 0 Å². The Morgan fingerprint density at radius 2 is 2.10 bits per heavy atom. The summed E-state index contributed by atoms with van der Waals surface area (Å²) in [5, 5.41) is 0. The highest BCUT2D eigenvalue weighted by atomic mass is 16.5. The molecule has 2 nitrogen and oxygen atoms in total. The topological polar surface area (TPSA) is 22.1 Å². The Hall–Kier alpha value is -1.15. The minimum atomic E-state index is 0.0850. The molecule has 0 amide bonds. The van der Waals surface area contributed by atoms with Crippen LogP contribution in [0.3, 0.4) is 0 Å². The zero-order valence-corrected chi connectivity index (χ0v) is 13.5. The number of aromatic nitrogens is 1. The van der Waals surface area contributed by atoms with Gasteiger partial charge in [-0.15, -0.1) is 0 Å². The first-order chi connectivity index (χ1) is 9.79. The Morgan fingerprint density at radius 3 is 2.60 bits per heavy atom. The lowest BCUT2D eigenvalue weighted by molar-refractivity contribution is -0.0533. The van der Waals surface area contributed by atoms with Crippen LogP contribution in [-0.2, 0) is 4.74 Å². The van der Waals surface area contributed by atoms with Crippen LogP contribution in [-0.4, -0.2) is 17.2 Å². The highest BCUT2D eigenvalue weighted by molar-refractivity contribution is 5.65. The fourth-order valence-electron chi connectivity index (χ4n) is 2.56. The number of allylic oxidation sites excluding steroid dienone is 1. The van der Waals surface area contributed by atoms with E-state index in [1.54, 1.807) is 0 Å². The fraction of sp³-hybridized carbons (Fsp3) is 0.611. The maximum absolute atomic E-state index is 6.09. The van der Waals surface area contributed by atoms with Crippen molar-refractivity contribution in [1.29, 1.82) is 0 Å². The zero-order valence-electron chi connectivity index (χ0n) is 13.5. The molecule has 0 aliphatic heterocycles. The molecule has 20 heavy (non-hydrogen) atoms. The third-order valence-corrected chi connectivity index (χ3v) is 3.86. The van der Waals surface area contributed by atoms with Gasteiger partial charge in [0.15, 0.2) is 0 Å². The molecule has 1 aliphatic carbocycles. The van der Waals surface area contributed by atoms with E-state index in [1.165, 1.54) is 11.1 Å². The van der Waals surface area contributed by atoms with Gasteiger partial charge in [0, 0.05) is 19.0 Å². The van der Waals surface area contributed by atoms with Gasteiger partial charge in [-0.3, -0.25) is 4.98 Å². The van der Waals surface area contributed by atoms with E-state index in [0.29, 0.717) is 0 Å². The molecule has 0 spiro atoms. The van der Waals surface area contributed by atoms with Crippen LogP contribution < -0.4 is 0 Å². The SMILES string of the molecule is CC.CCCOC1(CC)CC=C(c2cccnc2)CC1. The van der Waals surface area contributed by atoms with Crippen molar-refractivity contribution in [3.63, 3.8) is 0 Å². The van der Waals surface area contributed by atoms with Crippen LogP contribution >= 0.6 is 0 Å². The fourth-order valence-corrected chi connectivity index (χ4v) is 2.56. The maximum atomic E-state index is 6.09. The van der Waals surface area contributed by atoms with E-state index in [9.17, 15) is 0 Å². The van der Waals surface area contributed by atoms with Gasteiger partial charge < -0.3 is 4.74 Å². The van der Waals surface area contributed by atoms with E-state index in [2.05, 4.69) is 31.0 Å². The summed E-state index contributed by atoms with van der Waals surface area (Å²) < 4.78 is 6.09. The summed E-state index contributed by atoms with van der Waals surface area (Å²) in [5.74, 6) is 0. The van der Waals surface area contributed by atoms with E-state index in [4.69, 9.17) is 4.74 Å². The monoisotopic (exact) mass is 275 g/mol. The summed E-state index contributed by atoms with van der Waals surface area (Å²) in [4.78, 5) is 4.19. The Kier molecular flexibility index (Phi) is 7.53. The molecule has 1 aliphatic rings. The summed E-state index contributed by atoms with van der Waals surface area (Å²) in [5.41, 5.74) is 2.77. The summed E-state index contributed by atoms with van der Waals surface area (Å²) in [6.07, 6.45) is 11.6. The molecule has 1 unspecified atom stereocenters. The molecule has 0 radical (unpaired) electrons. The zero-order chi connectivity index (χ0) is 14.8. The Bertz CT molecular complexity index is 399. The molecule has 2 heteroatoms. The van der Waals surface area contributed by atoms with Crippen molar-refractivity contribution in [1.82, 2.24) is 4.98 Å². The molecule has 1 atom stereocenters. The van der Waals surface area contributed by atoms with E-state index in [-0.39, 0.29) is 5.60 Å². The number of nitrogens with zero attached hydrogens (tertiary/aromatic N) is 1. The van der Waals surface area contributed by atoms with Crippen LogP contribution in [0.15, 0.2) is 30.6 Å². The number of hydrogen-bond donors (Lipinski definition) is 0. The van der Waals surface area contributed by atoms with E-state index < -0.39 is 0 Å². The van der Waals surface area contributed by atoms with Gasteiger partial charge in [-0.2, -0.15) is 0 Å².